The summed E-state index contributed by atoms with van der Waals surface area (Å²) in [5.74, 6) is -0.497. The largest absolute Gasteiger partial charge is 0.411 e. The molecule has 2 rings (SSSR count). The smallest absolute Gasteiger partial charge is 0.216 e. The van der Waals surface area contributed by atoms with E-state index in [2.05, 4.69) is 15.7 Å². The molecule has 2 aromatic carbocycles. The normalized spacial score (nSPS) is 11.6. The molecule has 0 radical (unpaired) electrons. The molecule has 0 aliphatic rings. The molecule has 0 fully saturated rings. The zero-order valence-electron chi connectivity index (χ0n) is 11.2. The maximum absolute atomic E-state index is 12.4. The molecule has 22 heavy (non-hydrogen) atoms. The van der Waals surface area contributed by atoms with Crippen LogP contribution in [0.25, 0.3) is 0 Å². The number of rotatable bonds is 5. The molecule has 0 atom stereocenters. The summed E-state index contributed by atoms with van der Waals surface area (Å²) in [4.78, 5) is 12.4. The monoisotopic (exact) mass is 335 g/mol. The highest BCUT2D eigenvalue weighted by Crippen LogP contribution is 2.21. The van der Waals surface area contributed by atoms with E-state index >= 15 is 0 Å². The van der Waals surface area contributed by atoms with Gasteiger partial charge in [-0.05, 0) is 30.3 Å². The van der Waals surface area contributed by atoms with E-state index in [0.717, 1.165) is 6.21 Å². The van der Waals surface area contributed by atoms with Crippen LogP contribution in [0.15, 0.2) is 58.8 Å². The number of carbonyl (C=O) groups excluding carboxylic acids is 1. The first kappa shape index (κ1) is 16.0. The Labute approximate surface area is 136 Å². The Morgan fingerprint density at radius 2 is 1.86 bits per heavy atom. The van der Waals surface area contributed by atoms with Crippen molar-refractivity contribution in [1.29, 1.82) is 0 Å². The third-order valence-electron chi connectivity index (χ3n) is 2.67. The van der Waals surface area contributed by atoms with Crippen LogP contribution in [-0.2, 0) is 0 Å². The second-order valence-corrected chi connectivity index (χ2v) is 5.02. The van der Waals surface area contributed by atoms with Crippen molar-refractivity contribution >= 4 is 46.6 Å². The zero-order chi connectivity index (χ0) is 15.9. The minimum absolute atomic E-state index is 0.101. The number of Topliss-reactive ketones (excluding diaryl/α,β-unsaturated/α-hetero) is 1. The second-order valence-electron chi connectivity index (χ2n) is 4.17. The third kappa shape index (κ3) is 4.07. The lowest BCUT2D eigenvalue weighted by molar-refractivity contribution is 0.106. The van der Waals surface area contributed by atoms with E-state index in [-0.39, 0.29) is 16.3 Å². The number of hydrogen-bond acceptors (Lipinski definition) is 5. The molecule has 5 nitrogen and oxygen atoms in total. The lowest BCUT2D eigenvalue weighted by atomic mass is 10.1. The number of nitrogens with one attached hydrogen (secondary N) is 1. The Morgan fingerprint density at radius 3 is 2.50 bits per heavy atom. The van der Waals surface area contributed by atoms with Gasteiger partial charge in [0.05, 0.1) is 16.9 Å². The maximum Gasteiger partial charge on any atom is 0.216 e. The van der Waals surface area contributed by atoms with Crippen molar-refractivity contribution in [3.63, 3.8) is 0 Å². The van der Waals surface area contributed by atoms with Crippen LogP contribution < -0.4 is 5.43 Å². The molecule has 0 unspecified atom stereocenters. The fraction of sp³-hybridized carbons (Fsp3) is 0. The molecule has 0 aromatic heterocycles. The predicted octanol–water partition coefficient (Wildman–Crippen LogP) is 4.10. The minimum Gasteiger partial charge on any atom is -0.411 e. The van der Waals surface area contributed by atoms with Gasteiger partial charge in [-0.1, -0.05) is 46.6 Å². The summed E-state index contributed by atoms with van der Waals surface area (Å²) in [5.41, 5.74) is 3.50. The lowest BCUT2D eigenvalue weighted by Crippen LogP contribution is -2.18. The highest BCUT2D eigenvalue weighted by atomic mass is 35.5. The third-order valence-corrected chi connectivity index (χ3v) is 3.22. The van der Waals surface area contributed by atoms with Gasteiger partial charge in [0, 0.05) is 10.6 Å². The van der Waals surface area contributed by atoms with Crippen molar-refractivity contribution in [1.82, 2.24) is 0 Å². The van der Waals surface area contributed by atoms with Gasteiger partial charge >= 0.3 is 0 Å². The van der Waals surface area contributed by atoms with Gasteiger partial charge in [0.25, 0.3) is 0 Å². The van der Waals surface area contributed by atoms with Crippen LogP contribution in [0.1, 0.15) is 10.4 Å². The van der Waals surface area contributed by atoms with Gasteiger partial charge in [0.2, 0.25) is 5.78 Å². The number of anilines is 1. The minimum atomic E-state index is -0.497. The summed E-state index contributed by atoms with van der Waals surface area (Å²) in [7, 11) is 0. The summed E-state index contributed by atoms with van der Waals surface area (Å²) >= 11 is 11.8. The van der Waals surface area contributed by atoms with E-state index in [0.29, 0.717) is 10.7 Å². The van der Waals surface area contributed by atoms with Crippen molar-refractivity contribution in [2.45, 2.75) is 0 Å². The standard InChI is InChI=1S/C15H11Cl2N3O2/c16-10-6-7-12(13(17)8-10)15(21)14(9-18-22)20-19-11-4-2-1-3-5-11/h1-9,19,22H. The first-order valence-corrected chi connectivity index (χ1v) is 6.93. The summed E-state index contributed by atoms with van der Waals surface area (Å²) in [6.45, 7) is 0. The van der Waals surface area contributed by atoms with Crippen LogP contribution in [0, 0.1) is 0 Å². The number of para-hydroxylation sites is 1. The fourth-order valence-corrected chi connectivity index (χ4v) is 2.14. The number of ketones is 1. The van der Waals surface area contributed by atoms with E-state index in [4.69, 9.17) is 28.4 Å². The van der Waals surface area contributed by atoms with Crippen LogP contribution in [0.3, 0.4) is 0 Å². The van der Waals surface area contributed by atoms with Gasteiger partial charge in [0.1, 0.15) is 0 Å². The summed E-state index contributed by atoms with van der Waals surface area (Å²) in [6, 6.07) is 13.5. The summed E-state index contributed by atoms with van der Waals surface area (Å²) in [6.07, 6.45) is 0.934. The van der Waals surface area contributed by atoms with E-state index in [9.17, 15) is 4.79 Å². The molecular weight excluding hydrogens is 325 g/mol. The molecular formula is C15H11Cl2N3O2. The molecule has 0 aliphatic carbocycles. The second kappa shape index (κ2) is 7.59. The predicted molar refractivity (Wildman–Crippen MR) is 88.6 cm³/mol. The number of hydrazone groups is 1. The number of nitrogens with zero attached hydrogens (tertiary/aromatic N) is 2. The van der Waals surface area contributed by atoms with Crippen LogP contribution in [0.5, 0.6) is 0 Å². The number of benzene rings is 2. The molecule has 7 heteroatoms. The molecule has 0 saturated heterocycles. The van der Waals surface area contributed by atoms with Crippen LogP contribution in [-0.4, -0.2) is 22.9 Å². The average Bonchev–Trinajstić information content (AvgIpc) is 2.52. The number of hydrogen-bond donors (Lipinski definition) is 2. The Hall–Kier alpha value is -2.37. The maximum atomic E-state index is 12.4. The van der Waals surface area contributed by atoms with Gasteiger partial charge in [-0.25, -0.2) is 0 Å². The van der Waals surface area contributed by atoms with E-state index in [1.54, 1.807) is 18.2 Å². The Kier molecular flexibility index (Phi) is 5.52. The fourth-order valence-electron chi connectivity index (χ4n) is 1.64. The van der Waals surface area contributed by atoms with Gasteiger partial charge in [0.15, 0.2) is 5.71 Å². The average molecular weight is 336 g/mol. The van der Waals surface area contributed by atoms with Crippen LogP contribution in [0.4, 0.5) is 5.69 Å². The van der Waals surface area contributed by atoms with Gasteiger partial charge < -0.3 is 5.21 Å². The van der Waals surface area contributed by atoms with E-state index < -0.39 is 5.78 Å². The Morgan fingerprint density at radius 1 is 1.14 bits per heavy atom. The topological polar surface area (TPSA) is 74.0 Å². The van der Waals surface area contributed by atoms with Gasteiger partial charge in [-0.15, -0.1) is 0 Å². The molecule has 0 saturated carbocycles. The van der Waals surface area contributed by atoms with Crippen molar-refractivity contribution in [3.8, 4) is 0 Å². The van der Waals surface area contributed by atoms with Crippen molar-refractivity contribution in [2.24, 2.45) is 10.3 Å². The summed E-state index contributed by atoms with van der Waals surface area (Å²) in [5, 5.41) is 16.1. The van der Waals surface area contributed by atoms with Crippen molar-refractivity contribution in [3.05, 3.63) is 64.1 Å². The quantitative estimate of drug-likeness (QED) is 0.374. The molecule has 0 bridgehead atoms. The molecule has 2 N–H and O–H groups in total. The highest BCUT2D eigenvalue weighted by Gasteiger charge is 2.16. The number of oxime groups is 1. The van der Waals surface area contributed by atoms with Crippen LogP contribution in [0.2, 0.25) is 10.0 Å². The van der Waals surface area contributed by atoms with Crippen molar-refractivity contribution in [2.75, 3.05) is 5.43 Å². The molecule has 0 aliphatic heterocycles. The Balaban J connectivity index is 2.29. The number of halogens is 2. The lowest BCUT2D eigenvalue weighted by Gasteiger charge is -2.05. The number of carbonyl (C=O) groups is 1. The SMILES string of the molecule is O=C(C(C=NO)=NNc1ccccc1)c1ccc(Cl)cc1Cl. The van der Waals surface area contributed by atoms with Crippen molar-refractivity contribution < 1.29 is 10.0 Å². The van der Waals surface area contributed by atoms with Gasteiger partial charge in [-0.3, -0.25) is 10.2 Å². The molecule has 112 valence electrons. The molecule has 0 heterocycles. The highest BCUT2D eigenvalue weighted by molar-refractivity contribution is 6.65. The van der Waals surface area contributed by atoms with Gasteiger partial charge in [-0.2, -0.15) is 5.10 Å². The molecule has 0 spiro atoms. The zero-order valence-corrected chi connectivity index (χ0v) is 12.7. The van der Waals surface area contributed by atoms with Crippen LogP contribution >= 0.6 is 23.2 Å². The first-order chi connectivity index (χ1) is 10.6. The van der Waals surface area contributed by atoms with E-state index in [1.807, 2.05) is 18.2 Å². The first-order valence-electron chi connectivity index (χ1n) is 6.17. The molecule has 0 amide bonds. The molecule has 2 aromatic rings. The summed E-state index contributed by atoms with van der Waals surface area (Å²) < 4.78 is 0. The van der Waals surface area contributed by atoms with E-state index in [1.165, 1.54) is 12.1 Å². The Bertz CT molecular complexity index is 731.